The standard InChI is InChI=1S/C12H14O4P.W/c1-8-11-12(16-17(2,13)15-8)10-6-4-3-5-9(10)7-14-11;/h3-6,11-12H,7H2,1-2H3;/q-1;. The third-order valence-electron chi connectivity index (χ3n) is 3.07. The molecule has 0 N–H and O–H groups in total. The van der Waals surface area contributed by atoms with Crippen LogP contribution in [0.25, 0.3) is 0 Å². The molecule has 1 saturated heterocycles. The first-order chi connectivity index (χ1) is 8.07. The number of hydrogen-bond acceptors (Lipinski definition) is 4. The van der Waals surface area contributed by atoms with Crippen molar-refractivity contribution < 1.29 is 39.4 Å². The van der Waals surface area contributed by atoms with E-state index in [2.05, 4.69) is 0 Å². The molecule has 0 radical (unpaired) electrons. The van der Waals surface area contributed by atoms with Crippen molar-refractivity contribution in [2.24, 2.45) is 0 Å². The molecule has 0 amide bonds. The van der Waals surface area contributed by atoms with Crippen LogP contribution < -0.4 is 0 Å². The molecule has 1 aromatic rings. The average molecular weight is 437 g/mol. The van der Waals surface area contributed by atoms with Crippen molar-refractivity contribution in [2.45, 2.75) is 25.7 Å². The first-order valence-electron chi connectivity index (χ1n) is 5.55. The molecule has 2 aliphatic heterocycles. The fraction of sp³-hybridized carbons (Fsp3) is 0.417. The zero-order valence-electron chi connectivity index (χ0n) is 10.2. The Bertz CT molecular complexity index is 493. The van der Waals surface area contributed by atoms with E-state index < -0.39 is 7.60 Å². The maximum atomic E-state index is 12.0. The summed E-state index contributed by atoms with van der Waals surface area (Å²) in [5.41, 5.74) is 2.14. The summed E-state index contributed by atoms with van der Waals surface area (Å²) in [5.74, 6) is 0. The Morgan fingerprint density at radius 2 is 2.11 bits per heavy atom. The van der Waals surface area contributed by atoms with E-state index in [1.807, 2.05) is 24.3 Å². The van der Waals surface area contributed by atoms with Gasteiger partial charge in [-0.2, -0.15) is 13.0 Å². The second kappa shape index (κ2) is 5.19. The summed E-state index contributed by atoms with van der Waals surface area (Å²) < 4.78 is 28.5. The molecule has 98 valence electrons. The number of hydrogen-bond donors (Lipinski definition) is 0. The van der Waals surface area contributed by atoms with Crippen LogP contribution in [0.15, 0.2) is 24.3 Å². The predicted octanol–water partition coefficient (Wildman–Crippen LogP) is 3.05. The van der Waals surface area contributed by atoms with Crippen LogP contribution in [0.3, 0.4) is 0 Å². The van der Waals surface area contributed by atoms with Crippen LogP contribution >= 0.6 is 7.60 Å². The Morgan fingerprint density at radius 1 is 1.39 bits per heavy atom. The quantitative estimate of drug-likeness (QED) is 0.463. The van der Waals surface area contributed by atoms with Crippen LogP contribution in [0.4, 0.5) is 0 Å². The van der Waals surface area contributed by atoms with E-state index in [4.69, 9.17) is 13.8 Å². The molecule has 3 unspecified atom stereocenters. The van der Waals surface area contributed by atoms with Gasteiger partial charge in [-0.05, 0) is 17.2 Å². The molecule has 18 heavy (non-hydrogen) atoms. The van der Waals surface area contributed by atoms with Crippen molar-refractivity contribution in [3.05, 3.63) is 41.5 Å². The van der Waals surface area contributed by atoms with Crippen LogP contribution in [0.2, 0.25) is 0 Å². The molecule has 3 rings (SSSR count). The van der Waals surface area contributed by atoms with E-state index in [9.17, 15) is 4.57 Å². The van der Waals surface area contributed by atoms with Crippen molar-refractivity contribution >= 4 is 7.60 Å². The number of benzene rings is 1. The second-order valence-corrected chi connectivity index (χ2v) is 6.37. The molecule has 2 heterocycles. The van der Waals surface area contributed by atoms with Gasteiger partial charge in [0.05, 0.1) is 12.7 Å². The summed E-state index contributed by atoms with van der Waals surface area (Å²) in [4.78, 5) is 0. The minimum Gasteiger partial charge on any atom is -0.481 e. The van der Waals surface area contributed by atoms with E-state index in [0.717, 1.165) is 11.1 Å². The maximum absolute atomic E-state index is 12.0. The molecule has 4 nitrogen and oxygen atoms in total. The van der Waals surface area contributed by atoms with Gasteiger partial charge in [0.2, 0.25) is 0 Å². The zero-order chi connectivity index (χ0) is 12.0. The Balaban J connectivity index is 0.00000120. The van der Waals surface area contributed by atoms with E-state index >= 15 is 0 Å². The molecular weight excluding hydrogens is 423 g/mol. The Hall–Kier alpha value is 0.0183. The number of fused-ring (bicyclic) bond motifs is 3. The largest absolute Gasteiger partial charge is 0.481 e. The van der Waals surface area contributed by atoms with Crippen LogP contribution in [0.1, 0.15) is 24.2 Å². The van der Waals surface area contributed by atoms with Gasteiger partial charge in [0.15, 0.2) is 0 Å². The Kier molecular flexibility index (Phi) is 4.16. The molecule has 2 aliphatic rings. The summed E-state index contributed by atoms with van der Waals surface area (Å²) in [6.45, 7) is 3.82. The van der Waals surface area contributed by atoms with Crippen molar-refractivity contribution in [3.63, 3.8) is 0 Å². The topological polar surface area (TPSA) is 44.8 Å². The van der Waals surface area contributed by atoms with Gasteiger partial charge < -0.3 is 13.8 Å². The molecule has 6 heteroatoms. The maximum Gasteiger partial charge on any atom is 0.298 e. The van der Waals surface area contributed by atoms with Crippen LogP contribution in [0.5, 0.6) is 0 Å². The van der Waals surface area contributed by atoms with E-state index in [0.29, 0.717) is 12.7 Å². The molecule has 1 aromatic carbocycles. The molecule has 0 saturated carbocycles. The van der Waals surface area contributed by atoms with Crippen molar-refractivity contribution in [1.29, 1.82) is 0 Å². The fourth-order valence-corrected chi connectivity index (χ4v) is 3.66. The second-order valence-electron chi connectivity index (χ2n) is 4.43. The van der Waals surface area contributed by atoms with Crippen LogP contribution in [-0.4, -0.2) is 12.8 Å². The average Bonchev–Trinajstić information content (AvgIpc) is 2.27. The third-order valence-corrected chi connectivity index (χ3v) is 4.30. The van der Waals surface area contributed by atoms with Crippen molar-refractivity contribution in [1.82, 2.24) is 0 Å². The van der Waals surface area contributed by atoms with E-state index in [1.165, 1.54) is 6.66 Å². The first-order valence-corrected chi connectivity index (χ1v) is 7.54. The smallest absolute Gasteiger partial charge is 0.298 e. The summed E-state index contributed by atoms with van der Waals surface area (Å²) in [6, 6.07) is 7.91. The van der Waals surface area contributed by atoms with Gasteiger partial charge in [-0.3, -0.25) is 4.57 Å². The molecule has 3 atom stereocenters. The summed E-state index contributed by atoms with van der Waals surface area (Å²) in [7, 11) is -3.00. The van der Waals surface area contributed by atoms with Gasteiger partial charge in [0.25, 0.3) is 7.60 Å². The minimum absolute atomic E-state index is 0. The van der Waals surface area contributed by atoms with E-state index in [1.54, 1.807) is 6.92 Å². The SMILES string of the molecule is C[C-]1OP(C)(=O)OC2c3ccccc3COC12.[W]. The molecule has 0 aromatic heterocycles. The molecule has 1 fully saturated rings. The van der Waals surface area contributed by atoms with Crippen molar-refractivity contribution in [3.8, 4) is 0 Å². The van der Waals surface area contributed by atoms with Gasteiger partial charge >= 0.3 is 0 Å². The first kappa shape index (κ1) is 14.4. The number of rotatable bonds is 0. The minimum atomic E-state index is -3.00. The fourth-order valence-electron chi connectivity index (χ4n) is 2.36. The predicted molar refractivity (Wildman–Crippen MR) is 62.4 cm³/mol. The van der Waals surface area contributed by atoms with Crippen LogP contribution in [0, 0.1) is 6.10 Å². The van der Waals surface area contributed by atoms with E-state index in [-0.39, 0.29) is 33.3 Å². The monoisotopic (exact) mass is 437 g/mol. The van der Waals surface area contributed by atoms with Crippen molar-refractivity contribution in [2.75, 3.05) is 6.66 Å². The zero-order valence-corrected chi connectivity index (χ0v) is 14.0. The number of ether oxygens (including phenoxy) is 1. The summed E-state index contributed by atoms with van der Waals surface area (Å²) in [6.07, 6.45) is 0.0676. The third kappa shape index (κ3) is 2.50. The van der Waals surface area contributed by atoms with Gasteiger partial charge in [-0.1, -0.05) is 24.3 Å². The van der Waals surface area contributed by atoms with Gasteiger partial charge in [0, 0.05) is 27.7 Å². The molecule has 0 aliphatic carbocycles. The molecular formula is C12H14O4PW-. The van der Waals surface area contributed by atoms with Gasteiger partial charge in [0.1, 0.15) is 0 Å². The summed E-state index contributed by atoms with van der Waals surface area (Å²) in [5, 5.41) is 0. The molecule has 0 spiro atoms. The van der Waals surface area contributed by atoms with Crippen LogP contribution in [-0.2, 0) is 46.0 Å². The Morgan fingerprint density at radius 3 is 2.89 bits per heavy atom. The molecule has 0 bridgehead atoms. The summed E-state index contributed by atoms with van der Waals surface area (Å²) >= 11 is 0. The van der Waals surface area contributed by atoms with Gasteiger partial charge in [-0.15, -0.1) is 0 Å². The van der Waals surface area contributed by atoms with Gasteiger partial charge in [-0.25, -0.2) is 0 Å². The normalized spacial score (nSPS) is 35.2. The Labute approximate surface area is 121 Å².